The van der Waals surface area contributed by atoms with Gasteiger partial charge in [-0.1, -0.05) is 15.9 Å². The van der Waals surface area contributed by atoms with Crippen LogP contribution in [0.5, 0.6) is 5.75 Å². The maximum absolute atomic E-state index is 5.99. The minimum absolute atomic E-state index is 0.00718. The lowest BCUT2D eigenvalue weighted by molar-refractivity contribution is 0.418. The van der Waals surface area contributed by atoms with Crippen LogP contribution in [0, 0.1) is 6.92 Å². The van der Waals surface area contributed by atoms with Crippen molar-refractivity contribution in [3.05, 3.63) is 27.9 Å². The van der Waals surface area contributed by atoms with Crippen LogP contribution in [-0.2, 0) is 0 Å². The Morgan fingerprint density at radius 3 is 2.69 bits per heavy atom. The van der Waals surface area contributed by atoms with Crippen molar-refractivity contribution in [3.8, 4) is 5.75 Å². The Kier molecular flexibility index (Phi) is 2.95. The van der Waals surface area contributed by atoms with E-state index >= 15 is 0 Å². The zero-order chi connectivity index (χ0) is 11.9. The summed E-state index contributed by atoms with van der Waals surface area (Å²) in [6, 6.07) is 4.02. The van der Waals surface area contributed by atoms with Crippen LogP contribution >= 0.6 is 15.9 Å². The van der Waals surface area contributed by atoms with E-state index in [1.165, 1.54) is 0 Å². The standard InChI is InChI=1S/C12H15BrN2O/c1-6(14)11-7(2)15-12-9(11)4-8(13)5-10(12)16-3/h4-6,15H,14H2,1-3H3. The number of halogens is 1. The van der Waals surface area contributed by atoms with E-state index in [9.17, 15) is 0 Å². The second-order valence-electron chi connectivity index (χ2n) is 3.98. The van der Waals surface area contributed by atoms with Gasteiger partial charge in [0.2, 0.25) is 0 Å². The Labute approximate surface area is 103 Å². The summed E-state index contributed by atoms with van der Waals surface area (Å²) in [4.78, 5) is 3.33. The number of ether oxygens (including phenoxy) is 1. The number of methoxy groups -OCH3 is 1. The van der Waals surface area contributed by atoms with Crippen molar-refractivity contribution in [3.63, 3.8) is 0 Å². The van der Waals surface area contributed by atoms with Gasteiger partial charge in [-0.3, -0.25) is 0 Å². The maximum Gasteiger partial charge on any atom is 0.144 e. The molecule has 86 valence electrons. The molecule has 0 amide bonds. The molecular weight excluding hydrogens is 268 g/mol. The number of aryl methyl sites for hydroxylation is 1. The van der Waals surface area contributed by atoms with Crippen LogP contribution in [0.3, 0.4) is 0 Å². The van der Waals surface area contributed by atoms with Crippen molar-refractivity contribution < 1.29 is 4.74 Å². The van der Waals surface area contributed by atoms with E-state index in [0.29, 0.717) is 0 Å². The summed E-state index contributed by atoms with van der Waals surface area (Å²) in [5.41, 5.74) is 9.25. The molecule has 1 heterocycles. The smallest absolute Gasteiger partial charge is 0.144 e. The van der Waals surface area contributed by atoms with Crippen molar-refractivity contribution >= 4 is 26.8 Å². The minimum Gasteiger partial charge on any atom is -0.495 e. The molecule has 0 saturated heterocycles. The highest BCUT2D eigenvalue weighted by atomic mass is 79.9. The fraction of sp³-hybridized carbons (Fsp3) is 0.333. The van der Waals surface area contributed by atoms with Gasteiger partial charge in [-0.05, 0) is 31.5 Å². The molecule has 2 aromatic rings. The van der Waals surface area contributed by atoms with E-state index in [1.54, 1.807) is 7.11 Å². The Hall–Kier alpha value is -1.00. The average Bonchev–Trinajstić information content (AvgIpc) is 2.52. The van der Waals surface area contributed by atoms with Gasteiger partial charge in [-0.25, -0.2) is 0 Å². The highest BCUT2D eigenvalue weighted by Gasteiger charge is 2.15. The van der Waals surface area contributed by atoms with Gasteiger partial charge < -0.3 is 15.5 Å². The third-order valence-corrected chi connectivity index (χ3v) is 3.21. The van der Waals surface area contributed by atoms with Crippen molar-refractivity contribution in [2.45, 2.75) is 19.9 Å². The lowest BCUT2D eigenvalue weighted by atomic mass is 10.1. The molecular formula is C12H15BrN2O. The van der Waals surface area contributed by atoms with Gasteiger partial charge in [0.25, 0.3) is 0 Å². The van der Waals surface area contributed by atoms with Crippen LogP contribution in [0.4, 0.5) is 0 Å². The second-order valence-corrected chi connectivity index (χ2v) is 4.90. The summed E-state index contributed by atoms with van der Waals surface area (Å²) in [5, 5.41) is 1.12. The van der Waals surface area contributed by atoms with Gasteiger partial charge in [-0.15, -0.1) is 0 Å². The van der Waals surface area contributed by atoms with Gasteiger partial charge in [0.1, 0.15) is 5.75 Å². The summed E-state index contributed by atoms with van der Waals surface area (Å²) >= 11 is 3.48. The van der Waals surface area contributed by atoms with E-state index in [4.69, 9.17) is 10.5 Å². The Balaban J connectivity index is 2.83. The zero-order valence-electron chi connectivity index (χ0n) is 9.60. The summed E-state index contributed by atoms with van der Waals surface area (Å²) < 4.78 is 6.35. The number of aromatic amines is 1. The number of nitrogens with one attached hydrogen (secondary N) is 1. The molecule has 0 aliphatic heterocycles. The largest absolute Gasteiger partial charge is 0.495 e. The number of aromatic nitrogens is 1. The molecule has 4 heteroatoms. The number of rotatable bonds is 2. The first kappa shape index (κ1) is 11.5. The van der Waals surface area contributed by atoms with E-state index in [1.807, 2.05) is 19.9 Å². The predicted octanol–water partition coefficient (Wildman–Crippen LogP) is 3.27. The molecule has 1 aromatic heterocycles. The van der Waals surface area contributed by atoms with Crippen molar-refractivity contribution in [1.29, 1.82) is 0 Å². The SMILES string of the molecule is COc1cc(Br)cc2c(C(C)N)c(C)[nH]c12. The molecule has 0 aliphatic rings. The molecule has 1 unspecified atom stereocenters. The normalized spacial score (nSPS) is 13.1. The fourth-order valence-electron chi connectivity index (χ4n) is 2.13. The third-order valence-electron chi connectivity index (χ3n) is 2.75. The molecule has 1 atom stereocenters. The topological polar surface area (TPSA) is 51.0 Å². The monoisotopic (exact) mass is 282 g/mol. The van der Waals surface area contributed by atoms with Gasteiger partial charge in [0, 0.05) is 21.6 Å². The Morgan fingerprint density at radius 1 is 1.44 bits per heavy atom. The van der Waals surface area contributed by atoms with Crippen LogP contribution in [0.2, 0.25) is 0 Å². The van der Waals surface area contributed by atoms with Crippen LogP contribution in [0.15, 0.2) is 16.6 Å². The van der Waals surface area contributed by atoms with E-state index in [0.717, 1.165) is 32.4 Å². The number of hydrogen-bond acceptors (Lipinski definition) is 2. The number of fused-ring (bicyclic) bond motifs is 1. The van der Waals surface area contributed by atoms with Crippen LogP contribution in [0.25, 0.3) is 10.9 Å². The first-order chi connectivity index (χ1) is 7.54. The maximum atomic E-state index is 5.99. The molecule has 0 fully saturated rings. The first-order valence-electron chi connectivity index (χ1n) is 5.16. The molecule has 0 radical (unpaired) electrons. The number of nitrogens with two attached hydrogens (primary N) is 1. The van der Waals surface area contributed by atoms with Gasteiger partial charge in [0.15, 0.2) is 0 Å². The third kappa shape index (κ3) is 1.72. The molecule has 0 bridgehead atoms. The van der Waals surface area contributed by atoms with Crippen LogP contribution in [0.1, 0.15) is 24.2 Å². The zero-order valence-corrected chi connectivity index (χ0v) is 11.2. The van der Waals surface area contributed by atoms with Crippen molar-refractivity contribution in [1.82, 2.24) is 4.98 Å². The number of hydrogen-bond donors (Lipinski definition) is 2. The van der Waals surface area contributed by atoms with Crippen LogP contribution < -0.4 is 10.5 Å². The molecule has 3 N–H and O–H groups in total. The van der Waals surface area contributed by atoms with Crippen molar-refractivity contribution in [2.24, 2.45) is 5.73 Å². The summed E-state index contributed by atoms with van der Waals surface area (Å²) in [7, 11) is 1.67. The van der Waals surface area contributed by atoms with E-state index in [-0.39, 0.29) is 6.04 Å². The molecule has 1 aromatic carbocycles. The summed E-state index contributed by atoms with van der Waals surface area (Å²) in [6.45, 7) is 4.02. The molecule has 3 nitrogen and oxygen atoms in total. The molecule has 2 rings (SSSR count). The molecule has 0 spiro atoms. The molecule has 0 saturated carbocycles. The van der Waals surface area contributed by atoms with Gasteiger partial charge in [-0.2, -0.15) is 0 Å². The molecule has 0 aliphatic carbocycles. The minimum atomic E-state index is 0.00718. The van der Waals surface area contributed by atoms with E-state index in [2.05, 4.69) is 27.0 Å². The van der Waals surface area contributed by atoms with Crippen molar-refractivity contribution in [2.75, 3.05) is 7.11 Å². The van der Waals surface area contributed by atoms with Gasteiger partial charge >= 0.3 is 0 Å². The second kappa shape index (κ2) is 4.11. The Bertz CT molecular complexity index is 531. The molecule has 16 heavy (non-hydrogen) atoms. The highest BCUT2D eigenvalue weighted by Crippen LogP contribution is 2.35. The number of H-pyrrole nitrogens is 1. The van der Waals surface area contributed by atoms with Gasteiger partial charge in [0.05, 0.1) is 12.6 Å². The fourth-order valence-corrected chi connectivity index (χ4v) is 2.56. The highest BCUT2D eigenvalue weighted by molar-refractivity contribution is 9.10. The summed E-state index contributed by atoms with van der Waals surface area (Å²) in [5.74, 6) is 0.833. The predicted molar refractivity (Wildman–Crippen MR) is 69.9 cm³/mol. The van der Waals surface area contributed by atoms with Crippen LogP contribution in [-0.4, -0.2) is 12.1 Å². The quantitative estimate of drug-likeness (QED) is 0.888. The number of benzene rings is 1. The first-order valence-corrected chi connectivity index (χ1v) is 5.95. The lowest BCUT2D eigenvalue weighted by Gasteiger charge is -2.06. The Morgan fingerprint density at radius 2 is 2.12 bits per heavy atom. The lowest BCUT2D eigenvalue weighted by Crippen LogP contribution is -2.05. The summed E-state index contributed by atoms with van der Waals surface area (Å²) in [6.07, 6.45) is 0. The van der Waals surface area contributed by atoms with E-state index < -0.39 is 0 Å². The average molecular weight is 283 g/mol.